The lowest BCUT2D eigenvalue weighted by Gasteiger charge is -2.28. The third kappa shape index (κ3) is 6.12. The summed E-state index contributed by atoms with van der Waals surface area (Å²) in [5.41, 5.74) is 1.95. The first-order valence-electron chi connectivity index (χ1n) is 14.5. The lowest BCUT2D eigenvalue weighted by molar-refractivity contribution is -0.896. The first kappa shape index (κ1) is 29.5. The summed E-state index contributed by atoms with van der Waals surface area (Å²) in [6.07, 6.45) is 3.36. The van der Waals surface area contributed by atoms with Gasteiger partial charge in [0.05, 0.1) is 39.4 Å². The lowest BCUT2D eigenvalue weighted by atomic mass is 9.94. The van der Waals surface area contributed by atoms with Crippen molar-refractivity contribution in [3.8, 4) is 17.2 Å². The van der Waals surface area contributed by atoms with E-state index in [4.69, 9.17) is 14.2 Å². The number of Topliss-reactive ketones (excluding diaryl/α,β-unsaturated/α-hetero) is 1. The van der Waals surface area contributed by atoms with Crippen LogP contribution in [0.3, 0.4) is 0 Å². The number of rotatable bonds is 13. The maximum absolute atomic E-state index is 13.9. The van der Waals surface area contributed by atoms with Crippen LogP contribution in [-0.4, -0.2) is 62.6 Å². The Morgan fingerprint density at radius 2 is 1.85 bits per heavy atom. The SMILES string of the molecule is CCCCOc1ccc(C2C(=C([O-])c3ccc4c(c3)CC(C)O4)C(=O)C(=O)N2CCC[NH+](CC)CC)cc1OC. The number of hydrogen-bond donors (Lipinski definition) is 1. The molecule has 0 aliphatic carbocycles. The Kier molecular flexibility index (Phi) is 9.74. The molecular weight excluding hydrogens is 508 g/mol. The van der Waals surface area contributed by atoms with Gasteiger partial charge in [0.25, 0.3) is 5.91 Å². The molecular formula is C32H42N2O6. The molecule has 8 heteroatoms. The summed E-state index contributed by atoms with van der Waals surface area (Å²) < 4.78 is 17.3. The highest BCUT2D eigenvalue weighted by Crippen LogP contribution is 2.42. The van der Waals surface area contributed by atoms with Gasteiger partial charge in [-0.25, -0.2) is 0 Å². The van der Waals surface area contributed by atoms with Crippen LogP contribution in [-0.2, 0) is 16.0 Å². The van der Waals surface area contributed by atoms with Crippen molar-refractivity contribution in [3.63, 3.8) is 0 Å². The Labute approximate surface area is 237 Å². The number of hydrogen-bond acceptors (Lipinski definition) is 6. The number of quaternary nitrogens is 1. The minimum atomic E-state index is -0.804. The van der Waals surface area contributed by atoms with Crippen LogP contribution in [0.15, 0.2) is 42.0 Å². The molecule has 1 fully saturated rings. The zero-order chi connectivity index (χ0) is 28.8. The molecule has 2 aromatic carbocycles. The molecule has 8 nitrogen and oxygen atoms in total. The number of ketones is 1. The maximum atomic E-state index is 13.9. The molecule has 1 saturated heterocycles. The number of ether oxygens (including phenoxy) is 3. The average Bonchev–Trinajstić information content (AvgIpc) is 3.46. The van der Waals surface area contributed by atoms with Gasteiger partial charge in [0.15, 0.2) is 11.5 Å². The van der Waals surface area contributed by atoms with Crippen LogP contribution in [0.5, 0.6) is 17.2 Å². The molecule has 2 aliphatic rings. The largest absolute Gasteiger partial charge is 0.872 e. The standard InChI is InChI=1S/C32H42N2O6/c1-6-9-17-39-26-14-11-22(20-27(26)38-5)29-28(30(35)23-12-13-25-24(19-23)18-21(4)40-25)31(36)32(37)34(29)16-10-15-33(7-2)8-3/h11-14,19-21,29,35H,6-10,15-18H2,1-5H3. The number of unbranched alkanes of at least 4 members (excludes halogenated alkanes) is 1. The molecule has 0 aromatic heterocycles. The number of amides is 1. The van der Waals surface area contributed by atoms with E-state index >= 15 is 0 Å². The van der Waals surface area contributed by atoms with Gasteiger partial charge in [-0.15, -0.1) is 0 Å². The summed E-state index contributed by atoms with van der Waals surface area (Å²) in [5.74, 6) is 0.0463. The molecule has 2 aromatic rings. The topological polar surface area (TPSA) is 92.6 Å². The summed E-state index contributed by atoms with van der Waals surface area (Å²) in [6, 6.07) is 9.85. The van der Waals surface area contributed by atoms with Crippen LogP contribution in [0.25, 0.3) is 5.76 Å². The minimum absolute atomic E-state index is 0.0196. The fourth-order valence-corrected chi connectivity index (χ4v) is 5.57. The van der Waals surface area contributed by atoms with Gasteiger partial charge < -0.3 is 29.1 Å². The predicted molar refractivity (Wildman–Crippen MR) is 152 cm³/mol. The molecule has 2 atom stereocenters. The van der Waals surface area contributed by atoms with Crippen LogP contribution in [0, 0.1) is 0 Å². The molecule has 0 bridgehead atoms. The second-order valence-corrected chi connectivity index (χ2v) is 10.6. The second-order valence-electron chi connectivity index (χ2n) is 10.6. The monoisotopic (exact) mass is 550 g/mol. The van der Waals surface area contributed by atoms with Gasteiger partial charge in [0, 0.05) is 25.0 Å². The molecule has 1 amide bonds. The number of likely N-dealkylation sites (tertiary alicyclic amines) is 1. The van der Waals surface area contributed by atoms with E-state index in [1.807, 2.05) is 13.0 Å². The number of fused-ring (bicyclic) bond motifs is 1. The minimum Gasteiger partial charge on any atom is -0.872 e. The fraction of sp³-hybridized carbons (Fsp3) is 0.500. The Morgan fingerprint density at radius 3 is 2.55 bits per heavy atom. The van der Waals surface area contributed by atoms with Crippen LogP contribution in [0.1, 0.15) is 69.7 Å². The molecule has 4 rings (SSSR count). The van der Waals surface area contributed by atoms with E-state index in [0.29, 0.717) is 42.2 Å². The third-order valence-corrected chi connectivity index (χ3v) is 7.88. The molecule has 40 heavy (non-hydrogen) atoms. The molecule has 0 radical (unpaired) electrons. The average molecular weight is 551 g/mol. The van der Waals surface area contributed by atoms with Crippen molar-refractivity contribution in [2.24, 2.45) is 0 Å². The van der Waals surface area contributed by atoms with Crippen LogP contribution < -0.4 is 24.2 Å². The Bertz CT molecular complexity index is 1250. The highest BCUT2D eigenvalue weighted by atomic mass is 16.5. The normalized spacial score (nSPS) is 19.7. The van der Waals surface area contributed by atoms with Crippen molar-refractivity contribution < 1.29 is 33.8 Å². The van der Waals surface area contributed by atoms with Crippen LogP contribution in [0.2, 0.25) is 0 Å². The van der Waals surface area contributed by atoms with E-state index < -0.39 is 23.5 Å². The Hall–Kier alpha value is -3.52. The summed E-state index contributed by atoms with van der Waals surface area (Å²) >= 11 is 0. The number of carbonyl (C=O) groups excluding carboxylic acids is 2. The van der Waals surface area contributed by atoms with Gasteiger partial charge in [-0.05, 0) is 68.1 Å². The van der Waals surface area contributed by atoms with Crippen molar-refractivity contribution in [2.45, 2.75) is 65.5 Å². The molecule has 2 aliphatic heterocycles. The summed E-state index contributed by atoms with van der Waals surface area (Å²) in [4.78, 5) is 29.8. The van der Waals surface area contributed by atoms with Crippen molar-refractivity contribution >= 4 is 17.4 Å². The number of carbonyl (C=O) groups is 2. The molecule has 216 valence electrons. The Morgan fingerprint density at radius 1 is 1.07 bits per heavy atom. The number of methoxy groups -OCH3 is 1. The second kappa shape index (κ2) is 13.2. The van der Waals surface area contributed by atoms with Gasteiger partial charge in [-0.2, -0.15) is 0 Å². The quantitative estimate of drug-likeness (QED) is 0.179. The van der Waals surface area contributed by atoms with Crippen LogP contribution >= 0.6 is 0 Å². The van der Waals surface area contributed by atoms with E-state index in [9.17, 15) is 14.7 Å². The van der Waals surface area contributed by atoms with Crippen LogP contribution in [0.4, 0.5) is 0 Å². The van der Waals surface area contributed by atoms with Crippen molar-refractivity contribution in [1.82, 2.24) is 4.90 Å². The molecule has 1 N–H and O–H groups in total. The van der Waals surface area contributed by atoms with Crippen molar-refractivity contribution in [3.05, 3.63) is 58.7 Å². The molecule has 0 saturated carbocycles. The van der Waals surface area contributed by atoms with E-state index in [1.54, 1.807) is 42.3 Å². The highest BCUT2D eigenvalue weighted by Gasteiger charge is 2.44. The van der Waals surface area contributed by atoms with Gasteiger partial charge in [-0.3, -0.25) is 9.59 Å². The zero-order valence-electron chi connectivity index (χ0n) is 24.4. The third-order valence-electron chi connectivity index (χ3n) is 7.88. The van der Waals surface area contributed by atoms with E-state index in [-0.39, 0.29) is 11.7 Å². The molecule has 2 heterocycles. The molecule has 2 unspecified atom stereocenters. The van der Waals surface area contributed by atoms with Gasteiger partial charge >= 0.3 is 0 Å². The van der Waals surface area contributed by atoms with Gasteiger partial charge in [-0.1, -0.05) is 31.2 Å². The number of benzene rings is 2. The van der Waals surface area contributed by atoms with E-state index in [2.05, 4.69) is 20.8 Å². The van der Waals surface area contributed by atoms with Gasteiger partial charge in [0.2, 0.25) is 5.78 Å². The molecule has 0 spiro atoms. The van der Waals surface area contributed by atoms with Gasteiger partial charge in [0.1, 0.15) is 11.9 Å². The van der Waals surface area contributed by atoms with Crippen molar-refractivity contribution in [1.29, 1.82) is 0 Å². The summed E-state index contributed by atoms with van der Waals surface area (Å²) in [7, 11) is 1.56. The summed E-state index contributed by atoms with van der Waals surface area (Å²) in [6.45, 7) is 12.1. The predicted octanol–water partition coefficient (Wildman–Crippen LogP) is 2.74. The number of nitrogens with zero attached hydrogens (tertiary/aromatic N) is 1. The summed E-state index contributed by atoms with van der Waals surface area (Å²) in [5, 5.41) is 13.9. The Balaban J connectivity index is 1.75. The maximum Gasteiger partial charge on any atom is 0.295 e. The fourth-order valence-electron chi connectivity index (χ4n) is 5.57. The van der Waals surface area contributed by atoms with E-state index in [1.165, 1.54) is 4.90 Å². The van der Waals surface area contributed by atoms with Crippen molar-refractivity contribution in [2.75, 3.05) is 39.9 Å². The lowest BCUT2D eigenvalue weighted by Crippen LogP contribution is -3.11. The smallest absolute Gasteiger partial charge is 0.295 e. The highest BCUT2D eigenvalue weighted by molar-refractivity contribution is 6.46. The first-order valence-corrected chi connectivity index (χ1v) is 14.5. The zero-order valence-corrected chi connectivity index (χ0v) is 24.4. The first-order chi connectivity index (χ1) is 19.3. The van der Waals surface area contributed by atoms with E-state index in [0.717, 1.165) is 50.2 Å². The number of nitrogens with one attached hydrogen (secondary N) is 1.